The van der Waals surface area contributed by atoms with Gasteiger partial charge >= 0.3 is 0 Å². The van der Waals surface area contributed by atoms with Crippen molar-refractivity contribution in [2.45, 2.75) is 19.4 Å². The highest BCUT2D eigenvalue weighted by Gasteiger charge is 2.37. The van der Waals surface area contributed by atoms with E-state index in [0.29, 0.717) is 28.0 Å². The number of nitrogens with one attached hydrogen (secondary N) is 1. The first kappa shape index (κ1) is 18.2. The molecule has 0 aromatic heterocycles. The minimum atomic E-state index is -2.87. The summed E-state index contributed by atoms with van der Waals surface area (Å²) in [6.45, 7) is 3.44. The molecule has 8 heteroatoms. The summed E-state index contributed by atoms with van der Waals surface area (Å²) < 4.78 is 43.4. The van der Waals surface area contributed by atoms with Crippen molar-refractivity contribution in [3.63, 3.8) is 0 Å². The largest absolute Gasteiger partial charge is 0.482 e. The van der Waals surface area contributed by atoms with Crippen LogP contribution in [0.5, 0.6) is 5.75 Å². The summed E-state index contributed by atoms with van der Waals surface area (Å²) in [4.78, 5) is 0. The molecular formula is C18H14ClFN2O3S. The zero-order valence-electron chi connectivity index (χ0n) is 13.8. The van der Waals surface area contributed by atoms with Gasteiger partial charge in [-0.25, -0.2) is 12.8 Å². The van der Waals surface area contributed by atoms with Gasteiger partial charge < -0.3 is 4.74 Å². The Bertz CT molecular complexity index is 1030. The van der Waals surface area contributed by atoms with E-state index in [1.54, 1.807) is 26.0 Å². The van der Waals surface area contributed by atoms with Gasteiger partial charge in [-0.05, 0) is 37.6 Å². The van der Waals surface area contributed by atoms with E-state index in [2.05, 4.69) is 10.8 Å². The van der Waals surface area contributed by atoms with Crippen molar-refractivity contribution in [3.8, 4) is 11.8 Å². The molecule has 0 amide bonds. The van der Waals surface area contributed by atoms with Crippen LogP contribution in [0.1, 0.15) is 25.0 Å². The number of benzene rings is 2. The molecule has 0 spiro atoms. The standard InChI is InChI=1S/C18H14ClFN2O3S/c1-18(2)13(9-21)16(10-3-5-11(20)6-4-10)17-14(19)7-12(22-26(23)24)8-15(17)25-18/h3-8,26H,1-2H3,(H,22,23,24). The van der Waals surface area contributed by atoms with E-state index in [1.807, 2.05) is 0 Å². The van der Waals surface area contributed by atoms with Gasteiger partial charge in [0.25, 0.3) is 0 Å². The summed E-state index contributed by atoms with van der Waals surface area (Å²) in [6.07, 6.45) is 0. The molecule has 1 aliphatic heterocycles. The predicted octanol–water partition coefficient (Wildman–Crippen LogP) is 3.91. The molecule has 2 aromatic rings. The molecule has 26 heavy (non-hydrogen) atoms. The van der Waals surface area contributed by atoms with Crippen LogP contribution < -0.4 is 9.46 Å². The van der Waals surface area contributed by atoms with E-state index < -0.39 is 22.3 Å². The van der Waals surface area contributed by atoms with Crippen LogP contribution in [-0.4, -0.2) is 14.0 Å². The molecule has 134 valence electrons. The number of hydrogen-bond acceptors (Lipinski definition) is 4. The molecule has 0 unspecified atom stereocenters. The van der Waals surface area contributed by atoms with Gasteiger partial charge in [-0.1, -0.05) is 23.7 Å². The average Bonchev–Trinajstić information content (AvgIpc) is 2.52. The number of nitriles is 1. The van der Waals surface area contributed by atoms with Gasteiger partial charge in [0.05, 0.1) is 22.4 Å². The fraction of sp³-hybridized carbons (Fsp3) is 0.167. The number of rotatable bonds is 3. The van der Waals surface area contributed by atoms with Crippen LogP contribution in [0.2, 0.25) is 5.02 Å². The second-order valence-electron chi connectivity index (χ2n) is 6.18. The third-order valence-electron chi connectivity index (χ3n) is 3.99. The van der Waals surface area contributed by atoms with Gasteiger partial charge in [0.15, 0.2) is 0 Å². The van der Waals surface area contributed by atoms with E-state index in [-0.39, 0.29) is 10.7 Å². The summed E-state index contributed by atoms with van der Waals surface area (Å²) in [5.41, 5.74) is 1.21. The van der Waals surface area contributed by atoms with Crippen molar-refractivity contribution < 1.29 is 17.5 Å². The van der Waals surface area contributed by atoms with E-state index in [4.69, 9.17) is 16.3 Å². The van der Waals surface area contributed by atoms with Gasteiger partial charge in [-0.15, -0.1) is 0 Å². The fourth-order valence-corrected chi connectivity index (χ4v) is 3.57. The van der Waals surface area contributed by atoms with Crippen LogP contribution in [0.25, 0.3) is 5.57 Å². The number of thiol groups is 1. The molecule has 1 heterocycles. The number of nitrogens with zero attached hydrogens (tertiary/aromatic N) is 1. The molecule has 0 radical (unpaired) electrons. The second kappa shape index (κ2) is 6.63. The normalized spacial score (nSPS) is 15.2. The van der Waals surface area contributed by atoms with E-state index >= 15 is 0 Å². The minimum absolute atomic E-state index is 0.212. The summed E-state index contributed by atoms with van der Waals surface area (Å²) in [5, 5.41) is 9.92. The molecule has 5 nitrogen and oxygen atoms in total. The van der Waals surface area contributed by atoms with E-state index in [0.717, 1.165) is 0 Å². The first-order valence-electron chi connectivity index (χ1n) is 7.57. The van der Waals surface area contributed by atoms with Gasteiger partial charge in [-0.2, -0.15) is 5.26 Å². The van der Waals surface area contributed by atoms with E-state index in [9.17, 15) is 18.1 Å². The van der Waals surface area contributed by atoms with Crippen LogP contribution in [0.15, 0.2) is 42.0 Å². The lowest BCUT2D eigenvalue weighted by molar-refractivity contribution is 0.150. The van der Waals surface area contributed by atoms with Gasteiger partial charge in [0.1, 0.15) is 17.2 Å². The van der Waals surface area contributed by atoms with Crippen molar-refractivity contribution >= 4 is 33.8 Å². The first-order chi connectivity index (χ1) is 12.2. The van der Waals surface area contributed by atoms with Crippen molar-refractivity contribution in [2.24, 2.45) is 0 Å². The summed E-state index contributed by atoms with van der Waals surface area (Å²) in [6, 6.07) is 10.8. The summed E-state index contributed by atoms with van der Waals surface area (Å²) in [7, 11) is -2.87. The highest BCUT2D eigenvalue weighted by molar-refractivity contribution is 7.73. The second-order valence-corrected chi connectivity index (χ2v) is 7.33. The number of anilines is 1. The fourth-order valence-electron chi connectivity index (χ4n) is 2.92. The van der Waals surface area contributed by atoms with E-state index in [1.165, 1.54) is 24.3 Å². The maximum absolute atomic E-state index is 13.3. The van der Waals surface area contributed by atoms with Crippen LogP contribution in [0.3, 0.4) is 0 Å². The highest BCUT2D eigenvalue weighted by atomic mass is 35.5. The predicted molar refractivity (Wildman–Crippen MR) is 98.1 cm³/mol. The van der Waals surface area contributed by atoms with Crippen LogP contribution >= 0.6 is 11.6 Å². The highest BCUT2D eigenvalue weighted by Crippen LogP contribution is 2.47. The lowest BCUT2D eigenvalue weighted by Crippen LogP contribution is -2.34. The summed E-state index contributed by atoms with van der Waals surface area (Å²) in [5.74, 6) is -0.0653. The molecule has 0 saturated carbocycles. The minimum Gasteiger partial charge on any atom is -0.482 e. The molecular weight excluding hydrogens is 379 g/mol. The molecule has 2 aromatic carbocycles. The molecule has 1 aliphatic rings. The maximum Gasteiger partial charge on any atom is 0.222 e. The zero-order chi connectivity index (χ0) is 19.1. The van der Waals surface area contributed by atoms with Gasteiger partial charge in [-0.3, -0.25) is 4.72 Å². The van der Waals surface area contributed by atoms with Crippen LogP contribution in [0, 0.1) is 17.1 Å². The first-order valence-corrected chi connectivity index (χ1v) is 9.13. The molecule has 0 fully saturated rings. The summed E-state index contributed by atoms with van der Waals surface area (Å²) >= 11 is 6.39. The Kier molecular flexibility index (Phi) is 4.65. The van der Waals surface area contributed by atoms with Crippen molar-refractivity contribution in [1.82, 2.24) is 0 Å². The van der Waals surface area contributed by atoms with Crippen molar-refractivity contribution in [2.75, 3.05) is 4.72 Å². The number of halogens is 2. The topological polar surface area (TPSA) is 79.2 Å². The van der Waals surface area contributed by atoms with Crippen molar-refractivity contribution in [3.05, 3.63) is 63.9 Å². The van der Waals surface area contributed by atoms with Crippen LogP contribution in [0.4, 0.5) is 10.1 Å². The van der Waals surface area contributed by atoms with Crippen molar-refractivity contribution in [1.29, 1.82) is 5.26 Å². The average molecular weight is 393 g/mol. The van der Waals surface area contributed by atoms with Crippen LogP contribution in [-0.2, 0) is 10.9 Å². The number of hydrogen-bond donors (Lipinski definition) is 2. The Balaban J connectivity index is 2.32. The molecule has 1 N–H and O–H groups in total. The van der Waals surface area contributed by atoms with Gasteiger partial charge in [0.2, 0.25) is 10.9 Å². The third kappa shape index (κ3) is 3.26. The maximum atomic E-state index is 13.3. The lowest BCUT2D eigenvalue weighted by atomic mass is 9.83. The molecule has 0 bridgehead atoms. The Hall–Kier alpha value is -2.56. The smallest absolute Gasteiger partial charge is 0.222 e. The molecule has 3 rings (SSSR count). The third-order valence-corrected chi connectivity index (χ3v) is 4.73. The zero-order valence-corrected chi connectivity index (χ0v) is 15.5. The molecule has 0 saturated heterocycles. The number of ether oxygens (including phenoxy) is 1. The Labute approximate surface area is 156 Å². The van der Waals surface area contributed by atoms with Gasteiger partial charge in [0, 0.05) is 17.2 Å². The number of fused-ring (bicyclic) bond motifs is 1. The Morgan fingerprint density at radius 2 is 1.88 bits per heavy atom. The quantitative estimate of drug-likeness (QED) is 0.776. The SMILES string of the molecule is CC1(C)Oc2cc(N[SH](=O)=O)cc(Cl)c2C(c2ccc(F)cc2)=C1C#N. The molecule has 0 aliphatic carbocycles. The Morgan fingerprint density at radius 3 is 2.46 bits per heavy atom. The monoisotopic (exact) mass is 392 g/mol. The Morgan fingerprint density at radius 1 is 1.23 bits per heavy atom. The molecule has 0 atom stereocenters. The lowest BCUT2D eigenvalue weighted by Gasteiger charge is -2.35.